The van der Waals surface area contributed by atoms with Gasteiger partial charge in [0.2, 0.25) is 0 Å². The van der Waals surface area contributed by atoms with E-state index in [-0.39, 0.29) is 12.2 Å². The zero-order valence-electron chi connectivity index (χ0n) is 11.8. The molecule has 0 amide bonds. The van der Waals surface area contributed by atoms with Crippen LogP contribution in [0.15, 0.2) is 24.3 Å². The number of halogens is 1. The van der Waals surface area contributed by atoms with Crippen LogP contribution in [0.4, 0.5) is 0 Å². The van der Waals surface area contributed by atoms with Crippen LogP contribution in [0.5, 0.6) is 0 Å². The highest BCUT2D eigenvalue weighted by Crippen LogP contribution is 2.35. The van der Waals surface area contributed by atoms with E-state index in [0.717, 1.165) is 24.5 Å². The number of aliphatic carboxylic acids is 1. The van der Waals surface area contributed by atoms with Gasteiger partial charge < -0.3 is 9.84 Å². The van der Waals surface area contributed by atoms with E-state index in [1.807, 2.05) is 25.1 Å². The highest BCUT2D eigenvalue weighted by Gasteiger charge is 2.43. The quantitative estimate of drug-likeness (QED) is 0.877. The Morgan fingerprint density at radius 1 is 1.55 bits per heavy atom. The van der Waals surface area contributed by atoms with Gasteiger partial charge in [0, 0.05) is 24.2 Å². The van der Waals surface area contributed by atoms with Crippen molar-refractivity contribution in [2.75, 3.05) is 19.7 Å². The van der Waals surface area contributed by atoms with Crippen molar-refractivity contribution < 1.29 is 14.6 Å². The molecule has 1 fully saturated rings. The number of hydrogen-bond acceptors (Lipinski definition) is 3. The van der Waals surface area contributed by atoms with Crippen molar-refractivity contribution in [3.8, 4) is 0 Å². The van der Waals surface area contributed by atoms with E-state index >= 15 is 0 Å². The number of carboxylic acids is 1. The maximum absolute atomic E-state index is 10.6. The predicted octanol–water partition coefficient (Wildman–Crippen LogP) is 2.97. The summed E-state index contributed by atoms with van der Waals surface area (Å²) in [6.45, 7) is 5.34. The summed E-state index contributed by atoms with van der Waals surface area (Å²) in [4.78, 5) is 12.9. The minimum atomic E-state index is -0.924. The molecule has 0 radical (unpaired) electrons. The summed E-state index contributed by atoms with van der Waals surface area (Å²) in [6.07, 6.45) is 0.982. The Hall–Kier alpha value is -1.10. The molecule has 1 saturated heterocycles. The smallest absolute Gasteiger partial charge is 0.329 e. The van der Waals surface area contributed by atoms with Gasteiger partial charge in [0.1, 0.15) is 6.61 Å². The largest absolute Gasteiger partial charge is 0.480 e. The predicted molar refractivity (Wildman–Crippen MR) is 78.0 cm³/mol. The van der Waals surface area contributed by atoms with E-state index in [0.29, 0.717) is 6.04 Å². The number of ether oxygens (including phenoxy) is 1. The van der Waals surface area contributed by atoms with Crippen LogP contribution in [-0.2, 0) is 9.53 Å². The van der Waals surface area contributed by atoms with Gasteiger partial charge in [-0.15, -0.1) is 0 Å². The zero-order chi connectivity index (χ0) is 14.8. The van der Waals surface area contributed by atoms with Crippen LogP contribution in [0.1, 0.15) is 31.9 Å². The van der Waals surface area contributed by atoms with Crippen molar-refractivity contribution in [2.45, 2.75) is 31.9 Å². The number of hydrogen-bond donors (Lipinski definition) is 1. The topological polar surface area (TPSA) is 49.8 Å². The molecule has 0 bridgehead atoms. The third-order valence-electron chi connectivity index (χ3n) is 3.68. The first-order valence-corrected chi connectivity index (χ1v) is 7.16. The Labute approximate surface area is 124 Å². The molecule has 4 nitrogen and oxygen atoms in total. The maximum atomic E-state index is 10.6. The van der Waals surface area contributed by atoms with E-state index in [1.165, 1.54) is 5.56 Å². The second-order valence-corrected chi connectivity index (χ2v) is 5.95. The summed E-state index contributed by atoms with van der Waals surface area (Å²) in [7, 11) is 0. The van der Waals surface area contributed by atoms with Crippen LogP contribution in [0.3, 0.4) is 0 Å². The first-order chi connectivity index (χ1) is 9.43. The standard InChI is InChI=1S/C15H20ClNO3/c1-3-13(11-5-4-6-12(16)7-11)17-9-15(2,10-17)20-8-14(18)19/h4-7,13H,3,8-10H2,1-2H3,(H,18,19). The molecule has 0 spiro atoms. The average molecular weight is 298 g/mol. The number of carboxylic acid groups (broad SMARTS) is 1. The Balaban J connectivity index is 1.97. The first kappa shape index (κ1) is 15.3. The lowest BCUT2D eigenvalue weighted by molar-refractivity contribution is -0.170. The molecule has 1 aromatic carbocycles. The Morgan fingerprint density at radius 3 is 2.80 bits per heavy atom. The second kappa shape index (κ2) is 6.12. The number of benzene rings is 1. The highest BCUT2D eigenvalue weighted by molar-refractivity contribution is 6.30. The fraction of sp³-hybridized carbons (Fsp3) is 0.533. The van der Waals surface area contributed by atoms with Crippen LogP contribution >= 0.6 is 11.6 Å². The fourth-order valence-corrected chi connectivity index (χ4v) is 2.98. The van der Waals surface area contributed by atoms with E-state index in [2.05, 4.69) is 17.9 Å². The van der Waals surface area contributed by atoms with Crippen molar-refractivity contribution in [1.29, 1.82) is 0 Å². The molecule has 1 heterocycles. The van der Waals surface area contributed by atoms with Crippen molar-refractivity contribution in [1.82, 2.24) is 4.90 Å². The van der Waals surface area contributed by atoms with E-state index in [9.17, 15) is 4.79 Å². The molecule has 1 unspecified atom stereocenters. The molecule has 1 N–H and O–H groups in total. The van der Waals surface area contributed by atoms with Crippen molar-refractivity contribution in [3.63, 3.8) is 0 Å². The third kappa shape index (κ3) is 3.51. The molecular weight excluding hydrogens is 278 g/mol. The van der Waals surface area contributed by atoms with E-state index in [4.69, 9.17) is 21.4 Å². The van der Waals surface area contributed by atoms with Gasteiger partial charge >= 0.3 is 5.97 Å². The SMILES string of the molecule is CCC(c1cccc(Cl)c1)N1CC(C)(OCC(=O)O)C1. The maximum Gasteiger partial charge on any atom is 0.329 e. The lowest BCUT2D eigenvalue weighted by atomic mass is 9.90. The van der Waals surface area contributed by atoms with Crippen LogP contribution < -0.4 is 0 Å². The summed E-state index contributed by atoms with van der Waals surface area (Å²) in [5.41, 5.74) is 0.838. The molecule has 0 aliphatic carbocycles. The monoisotopic (exact) mass is 297 g/mol. The molecule has 1 aromatic rings. The Morgan fingerprint density at radius 2 is 2.25 bits per heavy atom. The molecule has 1 atom stereocenters. The van der Waals surface area contributed by atoms with Crippen molar-refractivity contribution in [2.24, 2.45) is 0 Å². The molecule has 20 heavy (non-hydrogen) atoms. The number of rotatable bonds is 6. The first-order valence-electron chi connectivity index (χ1n) is 6.79. The van der Waals surface area contributed by atoms with Crippen LogP contribution in [0.2, 0.25) is 5.02 Å². The number of nitrogens with zero attached hydrogens (tertiary/aromatic N) is 1. The second-order valence-electron chi connectivity index (χ2n) is 5.52. The molecule has 0 saturated carbocycles. The molecule has 2 rings (SSSR count). The normalized spacial score (nSPS) is 19.4. The zero-order valence-corrected chi connectivity index (χ0v) is 12.6. The lowest BCUT2D eigenvalue weighted by Gasteiger charge is -2.51. The summed E-state index contributed by atoms with van der Waals surface area (Å²) < 4.78 is 5.44. The van der Waals surface area contributed by atoms with Gasteiger partial charge in [0.25, 0.3) is 0 Å². The van der Waals surface area contributed by atoms with Crippen LogP contribution in [0, 0.1) is 0 Å². The summed E-state index contributed by atoms with van der Waals surface area (Å²) >= 11 is 6.04. The van der Waals surface area contributed by atoms with Crippen molar-refractivity contribution >= 4 is 17.6 Å². The molecular formula is C15H20ClNO3. The minimum absolute atomic E-state index is 0.238. The van der Waals surface area contributed by atoms with Gasteiger partial charge in [0.15, 0.2) is 0 Å². The van der Waals surface area contributed by atoms with Gasteiger partial charge in [-0.25, -0.2) is 4.79 Å². The van der Waals surface area contributed by atoms with Gasteiger partial charge in [-0.05, 0) is 31.0 Å². The molecule has 0 aromatic heterocycles. The summed E-state index contributed by atoms with van der Waals surface area (Å²) in [5.74, 6) is -0.924. The van der Waals surface area contributed by atoms with Gasteiger partial charge in [-0.2, -0.15) is 0 Å². The summed E-state index contributed by atoms with van der Waals surface area (Å²) in [6, 6.07) is 8.20. The highest BCUT2D eigenvalue weighted by atomic mass is 35.5. The Kier molecular flexibility index (Phi) is 4.68. The number of likely N-dealkylation sites (tertiary alicyclic amines) is 1. The van der Waals surface area contributed by atoms with Gasteiger partial charge in [-0.1, -0.05) is 30.7 Å². The average Bonchev–Trinajstić information content (AvgIpc) is 2.35. The van der Waals surface area contributed by atoms with Crippen molar-refractivity contribution in [3.05, 3.63) is 34.9 Å². The van der Waals surface area contributed by atoms with Gasteiger partial charge in [-0.3, -0.25) is 4.90 Å². The van der Waals surface area contributed by atoms with E-state index < -0.39 is 5.97 Å². The van der Waals surface area contributed by atoms with Crippen LogP contribution in [0.25, 0.3) is 0 Å². The molecule has 5 heteroatoms. The molecule has 110 valence electrons. The summed E-state index contributed by atoms with van der Waals surface area (Å²) in [5, 5.41) is 9.41. The van der Waals surface area contributed by atoms with Gasteiger partial charge in [0.05, 0.1) is 5.60 Å². The third-order valence-corrected chi connectivity index (χ3v) is 3.92. The Bertz CT molecular complexity index is 486. The van der Waals surface area contributed by atoms with E-state index in [1.54, 1.807) is 0 Å². The number of carbonyl (C=O) groups is 1. The molecule has 1 aliphatic heterocycles. The minimum Gasteiger partial charge on any atom is -0.480 e. The van der Waals surface area contributed by atoms with Crippen LogP contribution in [-0.4, -0.2) is 41.3 Å². The fourth-order valence-electron chi connectivity index (χ4n) is 2.78. The molecule has 1 aliphatic rings. The lowest BCUT2D eigenvalue weighted by Crippen LogP contribution is -2.62.